The molecular weight excluding hydrogens is 284 g/mol. The second-order valence-corrected chi connectivity index (χ2v) is 5.00. The van der Waals surface area contributed by atoms with E-state index < -0.39 is 0 Å². The van der Waals surface area contributed by atoms with Crippen molar-refractivity contribution in [3.63, 3.8) is 0 Å². The van der Waals surface area contributed by atoms with Gasteiger partial charge in [0.25, 0.3) is 5.91 Å². The molecule has 0 bridgehead atoms. The lowest BCUT2D eigenvalue weighted by atomic mass is 10.2. The fourth-order valence-corrected chi connectivity index (χ4v) is 2.30. The van der Waals surface area contributed by atoms with E-state index in [2.05, 4.69) is 20.9 Å². The molecule has 0 radical (unpaired) electrons. The molecule has 0 aliphatic carbocycles. The van der Waals surface area contributed by atoms with E-state index in [1.807, 2.05) is 0 Å². The fourth-order valence-electron chi connectivity index (χ4n) is 1.93. The minimum Gasteiger partial charge on any atom is -0.376 e. The summed E-state index contributed by atoms with van der Waals surface area (Å²) in [5.74, 6) is 0.00333. The minimum atomic E-state index is 0.00333. The highest BCUT2D eigenvalue weighted by atomic mass is 79.9. The third-order valence-corrected chi connectivity index (χ3v) is 3.26. The summed E-state index contributed by atoms with van der Waals surface area (Å²) in [5, 5.41) is 0. The third-order valence-electron chi connectivity index (χ3n) is 2.82. The van der Waals surface area contributed by atoms with Gasteiger partial charge < -0.3 is 9.64 Å². The van der Waals surface area contributed by atoms with Gasteiger partial charge in [-0.25, -0.2) is 4.98 Å². The molecule has 1 aromatic heterocycles. The van der Waals surface area contributed by atoms with Gasteiger partial charge in [0.1, 0.15) is 4.60 Å². The number of likely N-dealkylation sites (N-methyl/N-ethyl adjacent to an activating group) is 1. The van der Waals surface area contributed by atoms with Crippen LogP contribution in [0.1, 0.15) is 23.2 Å². The molecule has 1 saturated heterocycles. The number of pyridine rings is 1. The molecule has 1 fully saturated rings. The standard InChI is InChI=1S/C12H15BrN2O2/c1-15(8-10-3-2-6-17-10)12(16)9-4-5-14-11(13)7-9/h4-5,7,10H,2-3,6,8H2,1H3. The second kappa shape index (κ2) is 5.60. The van der Waals surface area contributed by atoms with Gasteiger partial charge in [-0.2, -0.15) is 0 Å². The average molecular weight is 299 g/mol. The van der Waals surface area contributed by atoms with Gasteiger partial charge in [0.15, 0.2) is 0 Å². The predicted molar refractivity (Wildman–Crippen MR) is 67.9 cm³/mol. The van der Waals surface area contributed by atoms with Crippen molar-refractivity contribution in [1.29, 1.82) is 0 Å². The van der Waals surface area contributed by atoms with Crippen LogP contribution in [0.4, 0.5) is 0 Å². The summed E-state index contributed by atoms with van der Waals surface area (Å²) < 4.78 is 6.19. The van der Waals surface area contributed by atoms with Crippen molar-refractivity contribution in [2.45, 2.75) is 18.9 Å². The van der Waals surface area contributed by atoms with Crippen LogP contribution in [0.3, 0.4) is 0 Å². The van der Waals surface area contributed by atoms with Crippen molar-refractivity contribution < 1.29 is 9.53 Å². The molecule has 5 heteroatoms. The van der Waals surface area contributed by atoms with E-state index in [9.17, 15) is 4.79 Å². The molecule has 0 saturated carbocycles. The molecular formula is C12H15BrN2O2. The molecule has 0 N–H and O–H groups in total. The normalized spacial score (nSPS) is 19.3. The number of amides is 1. The first kappa shape index (κ1) is 12.5. The third kappa shape index (κ3) is 3.26. The van der Waals surface area contributed by atoms with E-state index >= 15 is 0 Å². The van der Waals surface area contributed by atoms with E-state index in [4.69, 9.17) is 4.74 Å². The fraction of sp³-hybridized carbons (Fsp3) is 0.500. The van der Waals surface area contributed by atoms with Crippen LogP contribution in [0.15, 0.2) is 22.9 Å². The summed E-state index contributed by atoms with van der Waals surface area (Å²) in [6.45, 7) is 1.46. The van der Waals surface area contributed by atoms with Crippen LogP contribution in [-0.4, -0.2) is 42.1 Å². The monoisotopic (exact) mass is 298 g/mol. The highest BCUT2D eigenvalue weighted by Gasteiger charge is 2.20. The molecule has 92 valence electrons. The maximum absolute atomic E-state index is 12.1. The van der Waals surface area contributed by atoms with E-state index in [1.165, 1.54) is 0 Å². The lowest BCUT2D eigenvalue weighted by Gasteiger charge is -2.20. The molecule has 1 amide bonds. The highest BCUT2D eigenvalue weighted by molar-refractivity contribution is 9.10. The van der Waals surface area contributed by atoms with E-state index in [-0.39, 0.29) is 12.0 Å². The number of hydrogen-bond donors (Lipinski definition) is 0. The topological polar surface area (TPSA) is 42.4 Å². The summed E-state index contributed by atoms with van der Waals surface area (Å²) >= 11 is 3.26. The first-order chi connectivity index (χ1) is 8.16. The summed E-state index contributed by atoms with van der Waals surface area (Å²) in [5.41, 5.74) is 0.646. The molecule has 4 nitrogen and oxygen atoms in total. The highest BCUT2D eigenvalue weighted by Crippen LogP contribution is 2.15. The summed E-state index contributed by atoms with van der Waals surface area (Å²) in [4.78, 5) is 17.8. The van der Waals surface area contributed by atoms with Gasteiger partial charge >= 0.3 is 0 Å². The van der Waals surface area contributed by atoms with Gasteiger partial charge in [-0.3, -0.25) is 4.79 Å². The first-order valence-corrected chi connectivity index (χ1v) is 6.45. The number of aromatic nitrogens is 1. The van der Waals surface area contributed by atoms with Crippen LogP contribution >= 0.6 is 15.9 Å². The molecule has 2 rings (SSSR count). The Morgan fingerprint density at radius 1 is 1.71 bits per heavy atom. The van der Waals surface area contributed by atoms with Crippen molar-refractivity contribution in [2.24, 2.45) is 0 Å². The Kier molecular flexibility index (Phi) is 4.12. The lowest BCUT2D eigenvalue weighted by molar-refractivity contribution is 0.0587. The Morgan fingerprint density at radius 3 is 3.18 bits per heavy atom. The number of carbonyl (C=O) groups is 1. The molecule has 2 heterocycles. The molecule has 17 heavy (non-hydrogen) atoms. The van der Waals surface area contributed by atoms with Crippen molar-refractivity contribution in [3.05, 3.63) is 28.5 Å². The van der Waals surface area contributed by atoms with Crippen LogP contribution in [0, 0.1) is 0 Å². The van der Waals surface area contributed by atoms with Crippen molar-refractivity contribution >= 4 is 21.8 Å². The van der Waals surface area contributed by atoms with Crippen LogP contribution in [0.5, 0.6) is 0 Å². The first-order valence-electron chi connectivity index (χ1n) is 5.65. The number of rotatable bonds is 3. The zero-order chi connectivity index (χ0) is 12.3. The summed E-state index contributed by atoms with van der Waals surface area (Å²) in [7, 11) is 1.80. The summed E-state index contributed by atoms with van der Waals surface area (Å²) in [6.07, 6.45) is 3.94. The van der Waals surface area contributed by atoms with Crippen molar-refractivity contribution in [2.75, 3.05) is 20.2 Å². The zero-order valence-electron chi connectivity index (χ0n) is 9.73. The zero-order valence-corrected chi connectivity index (χ0v) is 11.3. The van der Waals surface area contributed by atoms with Crippen LogP contribution in [-0.2, 0) is 4.74 Å². The van der Waals surface area contributed by atoms with Gasteiger partial charge in [-0.05, 0) is 40.9 Å². The number of nitrogens with zero attached hydrogens (tertiary/aromatic N) is 2. The Hall–Kier alpha value is -0.940. The minimum absolute atomic E-state index is 0.00333. The Bertz CT molecular complexity index is 405. The number of hydrogen-bond acceptors (Lipinski definition) is 3. The van der Waals surface area contributed by atoms with Crippen LogP contribution in [0.2, 0.25) is 0 Å². The van der Waals surface area contributed by atoms with Crippen LogP contribution in [0.25, 0.3) is 0 Å². The number of halogens is 1. The van der Waals surface area contributed by atoms with Crippen LogP contribution < -0.4 is 0 Å². The van der Waals surface area contributed by atoms with E-state index in [1.54, 1.807) is 30.3 Å². The quantitative estimate of drug-likeness (QED) is 0.803. The van der Waals surface area contributed by atoms with Crippen molar-refractivity contribution in [1.82, 2.24) is 9.88 Å². The second-order valence-electron chi connectivity index (χ2n) is 4.19. The molecule has 1 unspecified atom stereocenters. The SMILES string of the molecule is CN(CC1CCCO1)C(=O)c1ccnc(Br)c1. The van der Waals surface area contributed by atoms with Gasteiger partial charge in [0, 0.05) is 32.0 Å². The molecule has 1 aliphatic rings. The molecule has 1 atom stereocenters. The lowest BCUT2D eigenvalue weighted by Crippen LogP contribution is -2.34. The van der Waals surface area contributed by atoms with Crippen molar-refractivity contribution in [3.8, 4) is 0 Å². The van der Waals surface area contributed by atoms with Gasteiger partial charge in [0.05, 0.1) is 6.10 Å². The van der Waals surface area contributed by atoms with E-state index in [0.717, 1.165) is 19.4 Å². The number of carbonyl (C=O) groups excluding carboxylic acids is 1. The van der Waals surface area contributed by atoms with Gasteiger partial charge in [0.2, 0.25) is 0 Å². The Balaban J connectivity index is 1.98. The Labute approximate surface area is 109 Å². The molecule has 1 aliphatic heterocycles. The maximum atomic E-state index is 12.1. The number of ether oxygens (including phenoxy) is 1. The average Bonchev–Trinajstić information content (AvgIpc) is 2.80. The van der Waals surface area contributed by atoms with E-state index in [0.29, 0.717) is 16.7 Å². The predicted octanol–water partition coefficient (Wildman–Crippen LogP) is 2.10. The molecule has 0 aromatic carbocycles. The smallest absolute Gasteiger partial charge is 0.253 e. The van der Waals surface area contributed by atoms with Gasteiger partial charge in [-0.15, -0.1) is 0 Å². The van der Waals surface area contributed by atoms with Gasteiger partial charge in [-0.1, -0.05) is 0 Å². The maximum Gasteiger partial charge on any atom is 0.253 e. The summed E-state index contributed by atoms with van der Waals surface area (Å²) in [6, 6.07) is 3.45. The largest absolute Gasteiger partial charge is 0.376 e. The Morgan fingerprint density at radius 2 is 2.53 bits per heavy atom. The molecule has 1 aromatic rings. The molecule has 0 spiro atoms.